The van der Waals surface area contributed by atoms with Crippen LogP contribution < -0.4 is 20.5 Å². The molecule has 0 aromatic heterocycles. The van der Waals surface area contributed by atoms with Crippen LogP contribution in [0.5, 0.6) is 11.5 Å². The monoisotopic (exact) mass is 238 g/mol. The molecule has 3 N–H and O–H groups in total. The van der Waals surface area contributed by atoms with Gasteiger partial charge in [0.15, 0.2) is 0 Å². The molecule has 17 heavy (non-hydrogen) atoms. The van der Waals surface area contributed by atoms with Gasteiger partial charge in [-0.25, -0.2) is 0 Å². The Kier molecular flexibility index (Phi) is 5.29. The van der Waals surface area contributed by atoms with Crippen LogP contribution in [0.2, 0.25) is 0 Å². The second-order valence-electron chi connectivity index (χ2n) is 3.54. The van der Waals surface area contributed by atoms with Crippen molar-refractivity contribution in [1.29, 1.82) is 0 Å². The lowest BCUT2D eigenvalue weighted by Gasteiger charge is -2.09. The first kappa shape index (κ1) is 13.3. The van der Waals surface area contributed by atoms with Gasteiger partial charge in [0.1, 0.15) is 11.5 Å². The van der Waals surface area contributed by atoms with E-state index in [0.717, 1.165) is 0 Å². The number of nitrogens with one attached hydrogen (secondary N) is 1. The standard InChI is InChI=1S/C12H18N2O3/c1-16-10-6-9(7-11(8-10)17-2)14-12(15)4-3-5-13/h6-8H,3-5,13H2,1-2H3,(H,14,15). The highest BCUT2D eigenvalue weighted by molar-refractivity contribution is 5.91. The summed E-state index contributed by atoms with van der Waals surface area (Å²) in [5.74, 6) is 1.21. The van der Waals surface area contributed by atoms with E-state index < -0.39 is 0 Å². The van der Waals surface area contributed by atoms with Gasteiger partial charge in [0, 0.05) is 30.3 Å². The van der Waals surface area contributed by atoms with Gasteiger partial charge in [-0.15, -0.1) is 0 Å². The topological polar surface area (TPSA) is 73.6 Å². The fourth-order valence-electron chi connectivity index (χ4n) is 1.37. The third-order valence-corrected chi connectivity index (χ3v) is 2.24. The lowest BCUT2D eigenvalue weighted by molar-refractivity contribution is -0.116. The summed E-state index contributed by atoms with van der Waals surface area (Å²) in [6.07, 6.45) is 1.09. The highest BCUT2D eigenvalue weighted by atomic mass is 16.5. The Bertz CT molecular complexity index is 358. The Hall–Kier alpha value is -1.75. The molecule has 0 saturated heterocycles. The first-order chi connectivity index (χ1) is 8.19. The van der Waals surface area contributed by atoms with Crippen LogP contribution in [0, 0.1) is 0 Å². The van der Waals surface area contributed by atoms with E-state index >= 15 is 0 Å². The first-order valence-electron chi connectivity index (χ1n) is 5.42. The summed E-state index contributed by atoms with van der Waals surface area (Å²) in [5.41, 5.74) is 6.00. The number of carbonyl (C=O) groups is 1. The van der Waals surface area contributed by atoms with Crippen molar-refractivity contribution in [2.45, 2.75) is 12.8 Å². The van der Waals surface area contributed by atoms with E-state index in [4.69, 9.17) is 15.2 Å². The average Bonchev–Trinajstić information content (AvgIpc) is 2.35. The molecule has 5 heteroatoms. The molecule has 0 spiro atoms. The lowest BCUT2D eigenvalue weighted by Crippen LogP contribution is -2.13. The van der Waals surface area contributed by atoms with E-state index in [9.17, 15) is 4.79 Å². The Balaban J connectivity index is 2.72. The van der Waals surface area contributed by atoms with Gasteiger partial charge in [0.25, 0.3) is 0 Å². The molecular weight excluding hydrogens is 220 g/mol. The van der Waals surface area contributed by atoms with Crippen molar-refractivity contribution >= 4 is 11.6 Å². The molecular formula is C12H18N2O3. The maximum absolute atomic E-state index is 11.5. The number of hydrogen-bond acceptors (Lipinski definition) is 4. The van der Waals surface area contributed by atoms with Crippen molar-refractivity contribution < 1.29 is 14.3 Å². The quantitative estimate of drug-likeness (QED) is 0.785. The SMILES string of the molecule is COc1cc(NC(=O)CCCN)cc(OC)c1. The molecule has 1 aromatic rings. The van der Waals surface area contributed by atoms with Gasteiger partial charge in [0.2, 0.25) is 5.91 Å². The summed E-state index contributed by atoms with van der Waals surface area (Å²) in [6, 6.07) is 5.22. The molecule has 1 amide bonds. The molecule has 0 aliphatic heterocycles. The van der Waals surface area contributed by atoms with Crippen LogP contribution in [0.3, 0.4) is 0 Å². The molecule has 1 rings (SSSR count). The smallest absolute Gasteiger partial charge is 0.224 e. The third-order valence-electron chi connectivity index (χ3n) is 2.24. The summed E-state index contributed by atoms with van der Waals surface area (Å²) in [7, 11) is 3.13. The van der Waals surface area contributed by atoms with Crippen LogP contribution in [-0.2, 0) is 4.79 Å². The highest BCUT2D eigenvalue weighted by Crippen LogP contribution is 2.25. The number of hydrogen-bond donors (Lipinski definition) is 2. The molecule has 0 fully saturated rings. The fourth-order valence-corrected chi connectivity index (χ4v) is 1.37. The lowest BCUT2D eigenvalue weighted by atomic mass is 10.2. The Morgan fingerprint density at radius 1 is 1.24 bits per heavy atom. The molecule has 1 aromatic carbocycles. The van der Waals surface area contributed by atoms with Crippen LogP contribution in [0.15, 0.2) is 18.2 Å². The van der Waals surface area contributed by atoms with Crippen molar-refractivity contribution in [3.05, 3.63) is 18.2 Å². The Morgan fingerprint density at radius 3 is 2.29 bits per heavy atom. The second kappa shape index (κ2) is 6.75. The number of ether oxygens (including phenoxy) is 2. The molecule has 0 aliphatic carbocycles. The van der Waals surface area contributed by atoms with Gasteiger partial charge in [0.05, 0.1) is 14.2 Å². The van der Waals surface area contributed by atoms with E-state index in [1.165, 1.54) is 0 Å². The molecule has 0 aliphatic rings. The second-order valence-corrected chi connectivity index (χ2v) is 3.54. The summed E-state index contributed by atoms with van der Waals surface area (Å²) >= 11 is 0. The number of nitrogens with two attached hydrogens (primary N) is 1. The maximum Gasteiger partial charge on any atom is 0.224 e. The van der Waals surface area contributed by atoms with Gasteiger partial charge >= 0.3 is 0 Å². The normalized spacial score (nSPS) is 9.82. The van der Waals surface area contributed by atoms with Crippen LogP contribution in [0.1, 0.15) is 12.8 Å². The van der Waals surface area contributed by atoms with Gasteiger partial charge in [-0.05, 0) is 13.0 Å². The van der Waals surface area contributed by atoms with E-state index in [1.54, 1.807) is 32.4 Å². The van der Waals surface area contributed by atoms with E-state index in [2.05, 4.69) is 5.32 Å². The van der Waals surface area contributed by atoms with Crippen LogP contribution in [0.25, 0.3) is 0 Å². The highest BCUT2D eigenvalue weighted by Gasteiger charge is 2.05. The molecule has 0 radical (unpaired) electrons. The molecule has 0 atom stereocenters. The van der Waals surface area contributed by atoms with E-state index in [-0.39, 0.29) is 5.91 Å². The van der Waals surface area contributed by atoms with Crippen molar-refractivity contribution in [1.82, 2.24) is 0 Å². The summed E-state index contributed by atoms with van der Waals surface area (Å²) in [6.45, 7) is 0.509. The van der Waals surface area contributed by atoms with Crippen molar-refractivity contribution in [3.63, 3.8) is 0 Å². The zero-order valence-electron chi connectivity index (χ0n) is 10.2. The minimum Gasteiger partial charge on any atom is -0.497 e. The number of benzene rings is 1. The summed E-state index contributed by atoms with van der Waals surface area (Å²) < 4.78 is 10.2. The summed E-state index contributed by atoms with van der Waals surface area (Å²) in [4.78, 5) is 11.5. The Morgan fingerprint density at radius 2 is 1.82 bits per heavy atom. The van der Waals surface area contributed by atoms with E-state index in [1.807, 2.05) is 0 Å². The molecule has 94 valence electrons. The molecule has 0 heterocycles. The Labute approximate surface area is 101 Å². The molecule has 0 saturated carbocycles. The van der Waals surface area contributed by atoms with Crippen molar-refractivity contribution in [2.75, 3.05) is 26.1 Å². The molecule has 0 bridgehead atoms. The number of methoxy groups -OCH3 is 2. The number of rotatable bonds is 6. The van der Waals surface area contributed by atoms with Crippen LogP contribution in [-0.4, -0.2) is 26.7 Å². The average molecular weight is 238 g/mol. The van der Waals surface area contributed by atoms with Gasteiger partial charge in [-0.1, -0.05) is 0 Å². The minimum absolute atomic E-state index is 0.0641. The van der Waals surface area contributed by atoms with Crippen LogP contribution >= 0.6 is 0 Å². The largest absolute Gasteiger partial charge is 0.497 e. The maximum atomic E-state index is 11.5. The minimum atomic E-state index is -0.0641. The number of amides is 1. The predicted octanol–water partition coefficient (Wildman–Crippen LogP) is 1.38. The van der Waals surface area contributed by atoms with Crippen LogP contribution in [0.4, 0.5) is 5.69 Å². The molecule has 0 unspecified atom stereocenters. The zero-order valence-corrected chi connectivity index (χ0v) is 10.2. The number of anilines is 1. The van der Waals surface area contributed by atoms with Crippen molar-refractivity contribution in [3.8, 4) is 11.5 Å². The molecule has 5 nitrogen and oxygen atoms in total. The third kappa shape index (κ3) is 4.32. The fraction of sp³-hybridized carbons (Fsp3) is 0.417. The van der Waals surface area contributed by atoms with Gasteiger partial charge in [-0.3, -0.25) is 4.79 Å². The predicted molar refractivity (Wildman–Crippen MR) is 66.5 cm³/mol. The van der Waals surface area contributed by atoms with E-state index in [0.29, 0.717) is 36.6 Å². The summed E-state index contributed by atoms with van der Waals surface area (Å²) in [5, 5.41) is 2.77. The first-order valence-corrected chi connectivity index (χ1v) is 5.42. The zero-order chi connectivity index (χ0) is 12.7. The van der Waals surface area contributed by atoms with Gasteiger partial charge in [-0.2, -0.15) is 0 Å². The van der Waals surface area contributed by atoms with Crippen molar-refractivity contribution in [2.24, 2.45) is 5.73 Å². The van der Waals surface area contributed by atoms with Gasteiger partial charge < -0.3 is 20.5 Å². The number of carbonyl (C=O) groups excluding carboxylic acids is 1.